The number of rotatable bonds is 1. The van der Waals surface area contributed by atoms with E-state index in [2.05, 4.69) is 40.7 Å². The van der Waals surface area contributed by atoms with E-state index in [1.54, 1.807) is 0 Å². The standard InChI is InChI=1S/C13H11BrN.Y/c1-10-4-3-5-13(15(10)2)11-6-8-12(14)9-7-11;/h3-4,6-9H,1H2,2H3;/q-1;. The molecule has 0 fully saturated rings. The summed E-state index contributed by atoms with van der Waals surface area (Å²) in [5.74, 6) is 0. The number of allylic oxidation sites excluding steroid dienone is 3. The van der Waals surface area contributed by atoms with E-state index in [9.17, 15) is 0 Å². The van der Waals surface area contributed by atoms with E-state index >= 15 is 0 Å². The third-order valence-corrected chi connectivity index (χ3v) is 2.91. The Labute approximate surface area is 130 Å². The largest absolute Gasteiger partial charge is 0.379 e. The first-order valence-corrected chi connectivity index (χ1v) is 5.46. The molecule has 0 saturated heterocycles. The maximum Gasteiger partial charge on any atom is 0.0154 e. The molecule has 1 radical (unpaired) electrons. The summed E-state index contributed by atoms with van der Waals surface area (Å²) in [5, 5.41) is 0. The summed E-state index contributed by atoms with van der Waals surface area (Å²) in [6.45, 7) is 3.96. The van der Waals surface area contributed by atoms with E-state index in [0.717, 1.165) is 21.4 Å². The topological polar surface area (TPSA) is 3.24 Å². The van der Waals surface area contributed by atoms with E-state index in [1.165, 1.54) is 0 Å². The zero-order valence-corrected chi connectivity index (χ0v) is 13.5. The molecule has 0 aromatic heterocycles. The van der Waals surface area contributed by atoms with E-state index in [1.807, 2.05) is 36.2 Å². The number of halogens is 1. The van der Waals surface area contributed by atoms with Crippen molar-refractivity contribution in [3.63, 3.8) is 0 Å². The number of likely N-dealkylation sites (N-methyl/N-ethyl adjacent to an activating group) is 1. The maximum absolute atomic E-state index is 3.96. The third kappa shape index (κ3) is 2.94. The van der Waals surface area contributed by atoms with Crippen LogP contribution < -0.4 is 0 Å². The van der Waals surface area contributed by atoms with E-state index in [4.69, 9.17) is 0 Å². The maximum atomic E-state index is 3.96. The number of benzene rings is 1. The first kappa shape index (κ1) is 13.9. The average Bonchev–Trinajstić information content (AvgIpc) is 2.24. The Morgan fingerprint density at radius 3 is 2.50 bits per heavy atom. The molecule has 0 bridgehead atoms. The first-order chi connectivity index (χ1) is 7.18. The molecule has 0 saturated carbocycles. The second kappa shape index (κ2) is 5.95. The Morgan fingerprint density at radius 1 is 1.25 bits per heavy atom. The van der Waals surface area contributed by atoms with Crippen LogP contribution in [0.1, 0.15) is 5.56 Å². The van der Waals surface area contributed by atoms with Gasteiger partial charge in [0.15, 0.2) is 0 Å². The van der Waals surface area contributed by atoms with Crippen LogP contribution in [-0.4, -0.2) is 11.9 Å². The quantitative estimate of drug-likeness (QED) is 0.700. The number of nitrogens with zero attached hydrogens (tertiary/aromatic N) is 1. The van der Waals surface area contributed by atoms with Crippen molar-refractivity contribution in [2.45, 2.75) is 0 Å². The minimum absolute atomic E-state index is 0. The summed E-state index contributed by atoms with van der Waals surface area (Å²) in [6.07, 6.45) is 7.07. The van der Waals surface area contributed by atoms with Crippen LogP contribution in [0.5, 0.6) is 0 Å². The first-order valence-electron chi connectivity index (χ1n) is 4.67. The van der Waals surface area contributed by atoms with E-state index in [-0.39, 0.29) is 32.7 Å². The predicted molar refractivity (Wildman–Crippen MR) is 66.8 cm³/mol. The monoisotopic (exact) mass is 349 g/mol. The van der Waals surface area contributed by atoms with Gasteiger partial charge < -0.3 is 4.90 Å². The van der Waals surface area contributed by atoms with Gasteiger partial charge in [0, 0.05) is 44.2 Å². The molecule has 3 heteroatoms. The van der Waals surface area contributed by atoms with Crippen molar-refractivity contribution in [1.29, 1.82) is 0 Å². The third-order valence-electron chi connectivity index (χ3n) is 2.38. The molecule has 2 rings (SSSR count). The van der Waals surface area contributed by atoms with Crippen molar-refractivity contribution in [3.8, 4) is 0 Å². The Hall–Kier alpha value is -0.176. The zero-order valence-electron chi connectivity index (χ0n) is 9.07. The van der Waals surface area contributed by atoms with Crippen LogP contribution in [0, 0.1) is 6.08 Å². The van der Waals surface area contributed by atoms with Crippen molar-refractivity contribution in [2.24, 2.45) is 0 Å². The molecule has 1 aliphatic heterocycles. The Bertz CT molecular complexity index is 446. The van der Waals surface area contributed by atoms with Gasteiger partial charge >= 0.3 is 0 Å². The Balaban J connectivity index is 0.00000128. The van der Waals surface area contributed by atoms with Crippen LogP contribution in [0.2, 0.25) is 0 Å². The molecule has 0 N–H and O–H groups in total. The molecule has 0 aliphatic carbocycles. The van der Waals surface area contributed by atoms with Gasteiger partial charge in [-0.05, 0) is 5.70 Å². The SMILES string of the molecule is C=C1C=C[C-]=C(c2ccc(Br)cc2)N1C.[Y]. The van der Waals surface area contributed by atoms with Crippen molar-refractivity contribution >= 4 is 21.6 Å². The molecule has 1 heterocycles. The van der Waals surface area contributed by atoms with Gasteiger partial charge in [-0.2, -0.15) is 12.2 Å². The normalized spacial score (nSPS) is 14.5. The summed E-state index contributed by atoms with van der Waals surface area (Å²) in [4.78, 5) is 2.03. The smallest absolute Gasteiger partial charge is 0.0154 e. The Morgan fingerprint density at radius 2 is 1.88 bits per heavy atom. The molecule has 1 aliphatic rings. The van der Waals surface area contributed by atoms with Gasteiger partial charge in [-0.25, -0.2) is 0 Å². The minimum atomic E-state index is 0. The summed E-state index contributed by atoms with van der Waals surface area (Å²) in [6, 6.07) is 8.18. The number of hydrogen-bond acceptors (Lipinski definition) is 1. The molecule has 0 atom stereocenters. The van der Waals surface area contributed by atoms with Gasteiger partial charge in [-0.15, -0.1) is 18.2 Å². The van der Waals surface area contributed by atoms with Gasteiger partial charge in [0.25, 0.3) is 0 Å². The van der Waals surface area contributed by atoms with Crippen LogP contribution in [-0.2, 0) is 32.7 Å². The summed E-state index contributed by atoms with van der Waals surface area (Å²) < 4.78 is 1.08. The van der Waals surface area contributed by atoms with Crippen molar-refractivity contribution in [1.82, 2.24) is 4.90 Å². The summed E-state index contributed by atoms with van der Waals surface area (Å²) >= 11 is 3.42. The fourth-order valence-electron chi connectivity index (χ4n) is 1.45. The van der Waals surface area contributed by atoms with E-state index < -0.39 is 0 Å². The van der Waals surface area contributed by atoms with Crippen molar-refractivity contribution in [2.75, 3.05) is 7.05 Å². The van der Waals surface area contributed by atoms with Gasteiger partial charge in [0.1, 0.15) is 0 Å². The van der Waals surface area contributed by atoms with Crippen molar-refractivity contribution < 1.29 is 32.7 Å². The zero-order chi connectivity index (χ0) is 10.8. The molecule has 0 amide bonds. The Kier molecular flexibility index (Phi) is 5.16. The van der Waals surface area contributed by atoms with Crippen LogP contribution in [0.15, 0.2) is 53.2 Å². The average molecular weight is 350 g/mol. The fraction of sp³-hybridized carbons (Fsp3) is 0.0769. The fourth-order valence-corrected chi connectivity index (χ4v) is 1.72. The molecule has 16 heavy (non-hydrogen) atoms. The minimum Gasteiger partial charge on any atom is -0.379 e. The van der Waals surface area contributed by atoms with Gasteiger partial charge in [0.2, 0.25) is 0 Å². The van der Waals surface area contributed by atoms with E-state index in [0.29, 0.717) is 0 Å². The van der Waals surface area contributed by atoms with Crippen LogP contribution in [0.3, 0.4) is 0 Å². The van der Waals surface area contributed by atoms with Gasteiger partial charge in [-0.1, -0.05) is 45.9 Å². The molecular formula is C13H11BrNY-. The van der Waals surface area contributed by atoms with Crippen molar-refractivity contribution in [3.05, 3.63) is 64.8 Å². The van der Waals surface area contributed by atoms with Crippen LogP contribution in [0.25, 0.3) is 5.70 Å². The molecule has 1 aromatic carbocycles. The van der Waals surface area contributed by atoms with Gasteiger partial charge in [0.05, 0.1) is 0 Å². The summed E-state index contributed by atoms with van der Waals surface area (Å²) in [7, 11) is 2.00. The number of hydrogen-bond donors (Lipinski definition) is 0. The molecule has 1 nitrogen and oxygen atoms in total. The van der Waals surface area contributed by atoms with Crippen LogP contribution in [0.4, 0.5) is 0 Å². The molecule has 0 spiro atoms. The predicted octanol–water partition coefficient (Wildman–Crippen LogP) is 3.61. The van der Waals surface area contributed by atoms with Crippen LogP contribution >= 0.6 is 15.9 Å². The second-order valence-electron chi connectivity index (χ2n) is 3.38. The second-order valence-corrected chi connectivity index (χ2v) is 4.30. The van der Waals surface area contributed by atoms with Gasteiger partial charge in [-0.3, -0.25) is 0 Å². The molecule has 0 unspecified atom stereocenters. The summed E-state index contributed by atoms with van der Waals surface area (Å²) in [5.41, 5.74) is 3.17. The molecule has 79 valence electrons. The molecule has 1 aromatic rings. The molecular weight excluding hydrogens is 339 g/mol.